The number of aliphatic hydroxyl groups excluding tert-OH is 2. The van der Waals surface area contributed by atoms with Gasteiger partial charge in [-0.05, 0) is 37.1 Å². The van der Waals surface area contributed by atoms with Crippen molar-refractivity contribution in [2.24, 2.45) is 0 Å². The van der Waals surface area contributed by atoms with E-state index in [-0.39, 0.29) is 20.5 Å². The Kier molecular flexibility index (Phi) is 7.28. The Hall–Kier alpha value is -3.46. The third-order valence-electron chi connectivity index (χ3n) is 5.58. The summed E-state index contributed by atoms with van der Waals surface area (Å²) in [7, 11) is -3.64. The van der Waals surface area contributed by atoms with Crippen LogP contribution in [0.4, 0.5) is 13.9 Å². The lowest BCUT2D eigenvalue weighted by Gasteiger charge is -2.29. The number of halogens is 2. The van der Waals surface area contributed by atoms with E-state index in [9.17, 15) is 37.0 Å². The average molecular weight is 555 g/mol. The number of amides is 1. The first-order valence-electron chi connectivity index (χ1n) is 10.8. The van der Waals surface area contributed by atoms with Crippen molar-refractivity contribution in [1.82, 2.24) is 4.98 Å². The van der Waals surface area contributed by atoms with Crippen LogP contribution in [0.1, 0.15) is 29.4 Å². The molecular weight excluding hydrogens is 534 g/mol. The molecule has 10 nitrogen and oxygen atoms in total. The number of carbonyl (C=O) groups excluding carboxylic acids is 1. The first-order chi connectivity index (χ1) is 17.5. The zero-order chi connectivity index (χ0) is 27.0. The molecular formula is C23H20F2N2O8S2. The van der Waals surface area contributed by atoms with E-state index >= 15 is 0 Å². The van der Waals surface area contributed by atoms with Crippen LogP contribution in [0.25, 0.3) is 0 Å². The highest BCUT2D eigenvalue weighted by molar-refractivity contribution is 7.92. The minimum Gasteiger partial charge on any atom is -0.478 e. The highest BCUT2D eigenvalue weighted by Gasteiger charge is 2.52. The minimum absolute atomic E-state index is 0.0889. The van der Waals surface area contributed by atoms with E-state index in [0.29, 0.717) is 18.9 Å². The monoisotopic (exact) mass is 554 g/mol. The number of hydrogen-bond acceptors (Lipinski definition) is 9. The van der Waals surface area contributed by atoms with E-state index in [1.807, 2.05) is 0 Å². The number of carboxylic acid groups (broad SMARTS) is 1. The Morgan fingerprint density at radius 1 is 1.19 bits per heavy atom. The van der Waals surface area contributed by atoms with Gasteiger partial charge in [-0.3, -0.25) is 10.1 Å². The van der Waals surface area contributed by atoms with Crippen molar-refractivity contribution in [2.45, 2.75) is 34.7 Å². The zero-order valence-corrected chi connectivity index (χ0v) is 20.4. The predicted molar refractivity (Wildman–Crippen MR) is 126 cm³/mol. The maximum absolute atomic E-state index is 14.5. The molecule has 2 atom stereocenters. The summed E-state index contributed by atoms with van der Waals surface area (Å²) in [6.45, 7) is -0.627. The van der Waals surface area contributed by atoms with E-state index in [1.165, 1.54) is 0 Å². The number of carboxylic acids is 1. The fourth-order valence-corrected chi connectivity index (χ4v) is 5.89. The Morgan fingerprint density at radius 2 is 1.86 bits per heavy atom. The van der Waals surface area contributed by atoms with Crippen LogP contribution >= 0.6 is 11.3 Å². The van der Waals surface area contributed by atoms with Crippen LogP contribution < -0.4 is 10.1 Å². The number of benzene rings is 2. The molecule has 14 heteroatoms. The summed E-state index contributed by atoms with van der Waals surface area (Å²) in [6, 6.07) is 6.42. The summed E-state index contributed by atoms with van der Waals surface area (Å²) in [5, 5.41) is 30.6. The lowest BCUT2D eigenvalue weighted by atomic mass is 9.92. The molecule has 3 aromatic rings. The molecule has 37 heavy (non-hydrogen) atoms. The lowest BCUT2D eigenvalue weighted by Crippen LogP contribution is -2.52. The maximum atomic E-state index is 14.5. The fourth-order valence-electron chi connectivity index (χ4n) is 3.45. The molecule has 1 fully saturated rings. The van der Waals surface area contributed by atoms with Crippen molar-refractivity contribution < 1.29 is 46.8 Å². The summed E-state index contributed by atoms with van der Waals surface area (Å²) >= 11 is 0.740. The van der Waals surface area contributed by atoms with Crippen molar-refractivity contribution >= 4 is 38.2 Å². The number of anilines is 1. The Bertz CT molecular complexity index is 1440. The molecule has 2 aromatic carbocycles. The van der Waals surface area contributed by atoms with Crippen LogP contribution in [-0.2, 0) is 25.0 Å². The first kappa shape index (κ1) is 26.6. The number of nitrogens with one attached hydrogen (secondary N) is 1. The summed E-state index contributed by atoms with van der Waals surface area (Å²) in [4.78, 5) is 30.0. The molecule has 1 aliphatic carbocycles. The highest BCUT2D eigenvalue weighted by Crippen LogP contribution is 2.37. The lowest BCUT2D eigenvalue weighted by molar-refractivity contribution is -0.162. The van der Waals surface area contributed by atoms with Gasteiger partial charge in [0.25, 0.3) is 5.91 Å². The number of nitrogens with zero attached hydrogens (tertiary/aromatic N) is 1. The second kappa shape index (κ2) is 10.1. The van der Waals surface area contributed by atoms with E-state index in [1.54, 1.807) is 0 Å². The number of aliphatic carboxylic acids is 1. The maximum Gasteiger partial charge on any atom is 0.363 e. The van der Waals surface area contributed by atoms with Gasteiger partial charge in [0.1, 0.15) is 11.9 Å². The van der Waals surface area contributed by atoms with E-state index < -0.39 is 62.7 Å². The summed E-state index contributed by atoms with van der Waals surface area (Å²) < 4.78 is 58.4. The molecule has 2 unspecified atom stereocenters. The molecule has 1 saturated carbocycles. The standard InChI is InChI=1S/C23H20F2N2O8S2/c24-13-3-8-18(16(25)9-13)35-23(21(31)32,20(30)27-22-26-10-19(36-22)17(29)11-28)12-1-4-14(5-2-12)37(33,34)15-6-7-15/h1-5,8-10,15,17,28-29H,6-7,11H2,(H,31,32)(H,26,27,30). The second-order valence-corrected chi connectivity index (χ2v) is 11.4. The van der Waals surface area contributed by atoms with Crippen molar-refractivity contribution in [3.63, 3.8) is 0 Å². The average Bonchev–Trinajstić information content (AvgIpc) is 3.63. The molecule has 1 aromatic heterocycles. The van der Waals surface area contributed by atoms with Crippen LogP contribution in [0.3, 0.4) is 0 Å². The minimum atomic E-state index is -3.64. The topological polar surface area (TPSA) is 163 Å². The van der Waals surface area contributed by atoms with Crippen molar-refractivity contribution in [2.75, 3.05) is 11.9 Å². The van der Waals surface area contributed by atoms with Crippen molar-refractivity contribution in [1.29, 1.82) is 0 Å². The normalized spacial score (nSPS) is 16.0. The van der Waals surface area contributed by atoms with Gasteiger partial charge >= 0.3 is 11.6 Å². The first-order valence-corrected chi connectivity index (χ1v) is 13.1. The Morgan fingerprint density at radius 3 is 2.43 bits per heavy atom. The molecule has 196 valence electrons. The molecule has 1 heterocycles. The third-order valence-corrected chi connectivity index (χ3v) is 8.87. The predicted octanol–water partition coefficient (Wildman–Crippen LogP) is 2.38. The van der Waals surface area contributed by atoms with Gasteiger partial charge in [0.05, 0.1) is 21.6 Å². The van der Waals surface area contributed by atoms with E-state index in [4.69, 9.17) is 9.84 Å². The van der Waals surface area contributed by atoms with Crippen LogP contribution in [0, 0.1) is 11.6 Å². The molecule has 0 saturated heterocycles. The molecule has 0 aliphatic heterocycles. The molecule has 0 spiro atoms. The van der Waals surface area contributed by atoms with Gasteiger partial charge in [-0.2, -0.15) is 0 Å². The van der Waals surface area contributed by atoms with E-state index in [2.05, 4.69) is 10.3 Å². The largest absolute Gasteiger partial charge is 0.478 e. The molecule has 4 N–H and O–H groups in total. The number of aliphatic hydroxyl groups is 2. The summed E-state index contributed by atoms with van der Waals surface area (Å²) in [5.74, 6) is -6.25. The SMILES string of the molecule is O=C(O)C(Oc1ccc(F)cc1F)(C(=O)Nc1ncc(C(O)CO)s1)c1ccc(S(=O)(=O)C2CC2)cc1. The smallest absolute Gasteiger partial charge is 0.363 e. The van der Waals surface area contributed by atoms with E-state index in [0.717, 1.165) is 53.9 Å². The quantitative estimate of drug-likeness (QED) is 0.276. The Labute approximate surface area is 213 Å². The van der Waals surface area contributed by atoms with Gasteiger partial charge in [-0.25, -0.2) is 27.0 Å². The number of carbonyl (C=O) groups is 2. The van der Waals surface area contributed by atoms with Gasteiger partial charge in [0.2, 0.25) is 0 Å². The number of sulfone groups is 1. The van der Waals surface area contributed by atoms with Gasteiger partial charge in [-0.1, -0.05) is 23.5 Å². The fraction of sp³-hybridized carbons (Fsp3) is 0.261. The van der Waals surface area contributed by atoms with Crippen molar-refractivity contribution in [3.8, 4) is 5.75 Å². The van der Waals surface area contributed by atoms with Gasteiger partial charge < -0.3 is 20.1 Å². The van der Waals surface area contributed by atoms with Crippen LogP contribution in [0.2, 0.25) is 0 Å². The molecule has 1 aliphatic rings. The van der Waals surface area contributed by atoms with Crippen LogP contribution in [0.15, 0.2) is 53.6 Å². The summed E-state index contributed by atoms with van der Waals surface area (Å²) in [6.07, 6.45) is 0.859. The Balaban J connectivity index is 1.78. The van der Waals surface area contributed by atoms with Crippen LogP contribution in [-0.4, -0.2) is 52.5 Å². The van der Waals surface area contributed by atoms with Gasteiger partial charge in [0.15, 0.2) is 26.5 Å². The van der Waals surface area contributed by atoms with Gasteiger partial charge in [0, 0.05) is 17.8 Å². The number of rotatable bonds is 10. The number of aromatic nitrogens is 1. The second-order valence-electron chi connectivity index (χ2n) is 8.15. The molecule has 4 rings (SSSR count). The molecule has 0 radical (unpaired) electrons. The zero-order valence-electron chi connectivity index (χ0n) is 18.8. The van der Waals surface area contributed by atoms with Gasteiger partial charge in [-0.15, -0.1) is 0 Å². The molecule has 0 bridgehead atoms. The number of ether oxygens (including phenoxy) is 1. The number of hydrogen-bond donors (Lipinski definition) is 4. The number of thiazole rings is 1. The van der Waals surface area contributed by atoms with Crippen molar-refractivity contribution in [3.05, 3.63) is 70.7 Å². The highest BCUT2D eigenvalue weighted by atomic mass is 32.2. The third kappa shape index (κ3) is 5.18. The molecule has 1 amide bonds. The van der Waals surface area contributed by atoms with Crippen LogP contribution in [0.5, 0.6) is 5.75 Å². The summed E-state index contributed by atoms with van der Waals surface area (Å²) in [5.41, 5.74) is -3.33.